The number of aromatic amines is 1. The van der Waals surface area contributed by atoms with E-state index in [9.17, 15) is 4.39 Å². The van der Waals surface area contributed by atoms with Gasteiger partial charge in [-0.15, -0.1) is 0 Å². The zero-order valence-electron chi connectivity index (χ0n) is 18.4. The number of anilines is 2. The smallest absolute Gasteiger partial charge is 0.226 e. The number of nitrogens with one attached hydrogen (secondary N) is 3. The summed E-state index contributed by atoms with van der Waals surface area (Å²) in [7, 11) is 4.01. The second-order valence-corrected chi connectivity index (χ2v) is 7.95. The lowest BCUT2D eigenvalue weighted by atomic mass is 10.3. The lowest BCUT2D eigenvalue weighted by molar-refractivity contribution is 0.425. The summed E-state index contributed by atoms with van der Waals surface area (Å²) in [4.78, 5) is 23.8. The summed E-state index contributed by atoms with van der Waals surface area (Å²) in [5.74, 6) is 1.50. The molecule has 2 aromatic carbocycles. The van der Waals surface area contributed by atoms with E-state index in [0.29, 0.717) is 41.7 Å². The molecular formula is C23H24FN9. The van der Waals surface area contributed by atoms with Crippen molar-refractivity contribution in [2.24, 2.45) is 0 Å². The lowest BCUT2D eigenvalue weighted by Gasteiger charge is -2.12. The number of likely N-dealkylation sites (N-methyl/N-ethyl adjacent to an activating group) is 1. The van der Waals surface area contributed by atoms with Gasteiger partial charge in [-0.05, 0) is 44.4 Å². The first-order valence-corrected chi connectivity index (χ1v) is 10.6. The maximum atomic E-state index is 13.9. The highest BCUT2D eigenvalue weighted by atomic mass is 19.1. The van der Waals surface area contributed by atoms with E-state index in [1.165, 1.54) is 12.1 Å². The second-order valence-electron chi connectivity index (χ2n) is 7.95. The number of rotatable bonds is 8. The van der Waals surface area contributed by atoms with Gasteiger partial charge in [0.2, 0.25) is 5.95 Å². The highest BCUT2D eigenvalue weighted by molar-refractivity contribution is 5.85. The Hall–Kier alpha value is -4.05. The summed E-state index contributed by atoms with van der Waals surface area (Å²) >= 11 is 0. The molecule has 0 aliphatic heterocycles. The minimum atomic E-state index is -0.323. The summed E-state index contributed by atoms with van der Waals surface area (Å²) < 4.78 is 15.6. The number of nitrogens with zero attached hydrogens (tertiary/aromatic N) is 6. The molecule has 0 saturated carbocycles. The van der Waals surface area contributed by atoms with Gasteiger partial charge in [0.05, 0.1) is 23.3 Å². The van der Waals surface area contributed by atoms with Gasteiger partial charge in [0, 0.05) is 13.1 Å². The fraction of sp³-hybridized carbons (Fsp3) is 0.217. The minimum Gasteiger partial charge on any atom is -0.361 e. The maximum absolute atomic E-state index is 13.9. The summed E-state index contributed by atoms with van der Waals surface area (Å²) in [5, 5.41) is 6.60. The van der Waals surface area contributed by atoms with E-state index in [1.54, 1.807) is 17.0 Å². The van der Waals surface area contributed by atoms with Crippen LogP contribution in [0.4, 0.5) is 16.2 Å². The first-order chi connectivity index (χ1) is 16.1. The van der Waals surface area contributed by atoms with Crippen molar-refractivity contribution in [3.05, 3.63) is 66.5 Å². The topological polar surface area (TPSA) is 99.6 Å². The first-order valence-electron chi connectivity index (χ1n) is 10.6. The molecule has 3 N–H and O–H groups in total. The average Bonchev–Trinajstić information content (AvgIpc) is 3.41. The molecule has 168 valence electrons. The van der Waals surface area contributed by atoms with Gasteiger partial charge < -0.3 is 20.5 Å². The van der Waals surface area contributed by atoms with Gasteiger partial charge in [-0.2, -0.15) is 9.97 Å². The molecule has 5 rings (SSSR count). The van der Waals surface area contributed by atoms with E-state index in [1.807, 2.05) is 44.4 Å². The van der Waals surface area contributed by atoms with Crippen molar-refractivity contribution in [1.82, 2.24) is 34.4 Å². The molecule has 9 nitrogen and oxygen atoms in total. The number of hydrogen-bond acceptors (Lipinski definition) is 7. The third-order valence-corrected chi connectivity index (χ3v) is 5.19. The molecule has 0 bridgehead atoms. The fourth-order valence-corrected chi connectivity index (χ4v) is 3.57. The first kappa shape index (κ1) is 20.8. The minimum absolute atomic E-state index is 0.323. The standard InChI is InChI=1S/C23H24FN9/c1-32(2)11-10-25-23-30-21(26-13-19-28-17-8-3-4-9-18(17)29-19)20-22(31-23)33(14-27-20)16-7-5-6-15(24)12-16/h3-9,12,14H,10-11,13H2,1-2H3,(H,28,29)(H2,25,26,30,31). The van der Waals surface area contributed by atoms with Crippen LogP contribution in [0.5, 0.6) is 0 Å². The number of benzene rings is 2. The van der Waals surface area contributed by atoms with Crippen LogP contribution >= 0.6 is 0 Å². The SMILES string of the molecule is CN(C)CCNc1nc(NCc2nc3ccccc3[nH]2)c2ncn(-c3cccc(F)c3)c2n1. The fourth-order valence-electron chi connectivity index (χ4n) is 3.57. The van der Waals surface area contributed by atoms with E-state index in [-0.39, 0.29) is 5.82 Å². The normalized spacial score (nSPS) is 11.5. The van der Waals surface area contributed by atoms with Crippen LogP contribution in [0, 0.1) is 5.82 Å². The zero-order valence-corrected chi connectivity index (χ0v) is 18.4. The zero-order chi connectivity index (χ0) is 22.8. The Kier molecular flexibility index (Phi) is 5.57. The van der Waals surface area contributed by atoms with Gasteiger partial charge >= 0.3 is 0 Å². The van der Waals surface area contributed by atoms with Crippen LogP contribution < -0.4 is 10.6 Å². The second kappa shape index (κ2) is 8.83. The third-order valence-electron chi connectivity index (χ3n) is 5.19. The number of fused-ring (bicyclic) bond motifs is 2. The lowest BCUT2D eigenvalue weighted by Crippen LogP contribution is -2.21. The van der Waals surface area contributed by atoms with Crippen LogP contribution in [0.3, 0.4) is 0 Å². The molecule has 0 radical (unpaired) electrons. The molecule has 10 heteroatoms. The van der Waals surface area contributed by atoms with Crippen LogP contribution in [0.15, 0.2) is 54.9 Å². The van der Waals surface area contributed by atoms with Crippen molar-refractivity contribution in [3.63, 3.8) is 0 Å². The van der Waals surface area contributed by atoms with Gasteiger partial charge in [0.1, 0.15) is 18.0 Å². The monoisotopic (exact) mass is 445 g/mol. The average molecular weight is 446 g/mol. The predicted molar refractivity (Wildman–Crippen MR) is 127 cm³/mol. The van der Waals surface area contributed by atoms with Crippen molar-refractivity contribution in [2.45, 2.75) is 6.54 Å². The molecular weight excluding hydrogens is 421 g/mol. The Labute approximate surface area is 189 Å². The number of imidazole rings is 2. The number of hydrogen-bond donors (Lipinski definition) is 3. The molecule has 0 aliphatic carbocycles. The van der Waals surface area contributed by atoms with E-state index >= 15 is 0 Å². The predicted octanol–water partition coefficient (Wildman–Crippen LogP) is 3.42. The highest BCUT2D eigenvalue weighted by Gasteiger charge is 2.15. The van der Waals surface area contributed by atoms with Crippen LogP contribution in [-0.2, 0) is 6.54 Å². The molecule has 0 unspecified atom stereocenters. The van der Waals surface area contributed by atoms with Crippen molar-refractivity contribution >= 4 is 34.0 Å². The van der Waals surface area contributed by atoms with Crippen LogP contribution in [0.25, 0.3) is 27.9 Å². The van der Waals surface area contributed by atoms with Gasteiger partial charge in [0.15, 0.2) is 17.0 Å². The molecule has 0 atom stereocenters. The molecule has 33 heavy (non-hydrogen) atoms. The molecule has 0 amide bonds. The number of H-pyrrole nitrogens is 1. The van der Waals surface area contributed by atoms with Gasteiger partial charge in [-0.3, -0.25) is 4.57 Å². The van der Waals surface area contributed by atoms with Crippen LogP contribution in [-0.4, -0.2) is 61.6 Å². The van der Waals surface area contributed by atoms with E-state index in [2.05, 4.69) is 40.5 Å². The van der Waals surface area contributed by atoms with Crippen molar-refractivity contribution in [2.75, 3.05) is 37.8 Å². The molecule has 3 heterocycles. The van der Waals surface area contributed by atoms with E-state index in [0.717, 1.165) is 23.4 Å². The summed E-state index contributed by atoms with van der Waals surface area (Å²) in [5.41, 5.74) is 3.69. The Morgan fingerprint density at radius 2 is 1.91 bits per heavy atom. The largest absolute Gasteiger partial charge is 0.361 e. The summed E-state index contributed by atoms with van der Waals surface area (Å²) in [6.45, 7) is 1.94. The third kappa shape index (κ3) is 4.46. The van der Waals surface area contributed by atoms with Crippen LogP contribution in [0.2, 0.25) is 0 Å². The maximum Gasteiger partial charge on any atom is 0.226 e. The van der Waals surface area contributed by atoms with Crippen molar-refractivity contribution < 1.29 is 4.39 Å². The molecule has 5 aromatic rings. The highest BCUT2D eigenvalue weighted by Crippen LogP contribution is 2.24. The number of halogens is 1. The van der Waals surface area contributed by atoms with Crippen LogP contribution in [0.1, 0.15) is 5.82 Å². The Morgan fingerprint density at radius 3 is 2.73 bits per heavy atom. The Morgan fingerprint density at radius 1 is 1.03 bits per heavy atom. The Bertz CT molecular complexity index is 1370. The van der Waals surface area contributed by atoms with E-state index in [4.69, 9.17) is 0 Å². The Balaban J connectivity index is 1.49. The molecule has 3 aromatic heterocycles. The molecule has 0 spiro atoms. The van der Waals surface area contributed by atoms with Gasteiger partial charge in [-0.1, -0.05) is 18.2 Å². The molecule has 0 fully saturated rings. The summed E-state index contributed by atoms with van der Waals surface area (Å²) in [6, 6.07) is 14.2. The number of aromatic nitrogens is 6. The summed E-state index contributed by atoms with van der Waals surface area (Å²) in [6.07, 6.45) is 1.63. The van der Waals surface area contributed by atoms with Gasteiger partial charge in [-0.25, -0.2) is 14.4 Å². The van der Waals surface area contributed by atoms with E-state index < -0.39 is 0 Å². The van der Waals surface area contributed by atoms with Crippen molar-refractivity contribution in [1.29, 1.82) is 0 Å². The number of para-hydroxylation sites is 2. The quantitative estimate of drug-likeness (QED) is 0.337. The van der Waals surface area contributed by atoms with Crippen molar-refractivity contribution in [3.8, 4) is 5.69 Å². The molecule has 0 saturated heterocycles. The van der Waals surface area contributed by atoms with Gasteiger partial charge in [0.25, 0.3) is 0 Å². The molecule has 0 aliphatic rings.